The van der Waals surface area contributed by atoms with Gasteiger partial charge in [-0.1, -0.05) is 23.7 Å². The Hall–Kier alpha value is -1.96. The molecule has 1 saturated heterocycles. The maximum atomic E-state index is 12.5. The quantitative estimate of drug-likeness (QED) is 0.764. The first-order valence-corrected chi connectivity index (χ1v) is 10.1. The molecule has 144 valence electrons. The number of amides is 2. The van der Waals surface area contributed by atoms with Crippen molar-refractivity contribution in [1.82, 2.24) is 19.7 Å². The summed E-state index contributed by atoms with van der Waals surface area (Å²) >= 11 is 7.41. The van der Waals surface area contributed by atoms with Crippen LogP contribution in [0.25, 0.3) is 10.6 Å². The molecule has 0 N–H and O–H groups in total. The van der Waals surface area contributed by atoms with Crippen molar-refractivity contribution in [3.05, 3.63) is 40.4 Å². The van der Waals surface area contributed by atoms with Crippen LogP contribution in [0, 0.1) is 0 Å². The van der Waals surface area contributed by atoms with Gasteiger partial charge in [0.25, 0.3) is 0 Å². The van der Waals surface area contributed by atoms with Crippen molar-refractivity contribution < 1.29 is 9.59 Å². The zero-order valence-electron chi connectivity index (χ0n) is 15.5. The van der Waals surface area contributed by atoms with E-state index in [1.165, 1.54) is 16.2 Å². The molecule has 1 aliphatic heterocycles. The molecule has 3 rings (SSSR count). The first-order valence-electron chi connectivity index (χ1n) is 8.83. The summed E-state index contributed by atoms with van der Waals surface area (Å²) in [5.41, 5.74) is 1.69. The highest BCUT2D eigenvalue weighted by Gasteiger charge is 2.22. The summed E-state index contributed by atoms with van der Waals surface area (Å²) in [7, 11) is 3.71. The molecule has 0 aliphatic carbocycles. The minimum atomic E-state index is -0.106. The Morgan fingerprint density at radius 3 is 2.52 bits per heavy atom. The SMILES string of the molecule is CN1CCN(C(=O)CN(C)C(=O)Cc2csc(-c3ccc(Cl)cc3)n2)CC1. The van der Waals surface area contributed by atoms with E-state index in [4.69, 9.17) is 11.6 Å². The average molecular weight is 407 g/mol. The third-order valence-electron chi connectivity index (χ3n) is 4.63. The van der Waals surface area contributed by atoms with Gasteiger partial charge in [0.2, 0.25) is 11.8 Å². The summed E-state index contributed by atoms with van der Waals surface area (Å²) in [6.07, 6.45) is 0.191. The fourth-order valence-electron chi connectivity index (χ4n) is 2.85. The molecule has 8 heteroatoms. The van der Waals surface area contributed by atoms with Crippen molar-refractivity contribution in [2.75, 3.05) is 46.8 Å². The number of carbonyl (C=O) groups is 2. The van der Waals surface area contributed by atoms with E-state index in [9.17, 15) is 9.59 Å². The van der Waals surface area contributed by atoms with E-state index in [1.54, 1.807) is 7.05 Å². The second-order valence-corrected chi connectivity index (χ2v) is 8.06. The van der Waals surface area contributed by atoms with Crippen molar-refractivity contribution in [2.45, 2.75) is 6.42 Å². The van der Waals surface area contributed by atoms with E-state index in [0.29, 0.717) is 23.8 Å². The Labute approximate surface area is 168 Å². The fourth-order valence-corrected chi connectivity index (χ4v) is 3.80. The zero-order valence-corrected chi connectivity index (χ0v) is 17.1. The van der Waals surface area contributed by atoms with Crippen molar-refractivity contribution in [2.24, 2.45) is 0 Å². The maximum absolute atomic E-state index is 12.5. The average Bonchev–Trinajstić information content (AvgIpc) is 3.11. The molecule has 0 atom stereocenters. The minimum Gasteiger partial charge on any atom is -0.339 e. The van der Waals surface area contributed by atoms with Crippen LogP contribution in [0.5, 0.6) is 0 Å². The lowest BCUT2D eigenvalue weighted by molar-refractivity contribution is -0.140. The monoisotopic (exact) mass is 406 g/mol. The summed E-state index contributed by atoms with van der Waals surface area (Å²) in [6, 6.07) is 7.46. The largest absolute Gasteiger partial charge is 0.339 e. The van der Waals surface area contributed by atoms with E-state index in [1.807, 2.05) is 41.6 Å². The van der Waals surface area contributed by atoms with Crippen LogP contribution in [-0.4, -0.2) is 78.3 Å². The molecule has 0 bridgehead atoms. The van der Waals surface area contributed by atoms with Crippen LogP contribution in [0.3, 0.4) is 0 Å². The van der Waals surface area contributed by atoms with Gasteiger partial charge in [-0.2, -0.15) is 0 Å². The lowest BCUT2D eigenvalue weighted by Gasteiger charge is -2.33. The van der Waals surface area contributed by atoms with Gasteiger partial charge in [0.1, 0.15) is 5.01 Å². The number of carbonyl (C=O) groups excluding carboxylic acids is 2. The number of halogens is 1. The van der Waals surface area contributed by atoms with E-state index >= 15 is 0 Å². The van der Waals surface area contributed by atoms with Crippen LogP contribution in [0.4, 0.5) is 0 Å². The Morgan fingerprint density at radius 1 is 1.19 bits per heavy atom. The molecular formula is C19H23ClN4O2S. The Balaban J connectivity index is 1.54. The first kappa shape index (κ1) is 19.8. The van der Waals surface area contributed by atoms with Gasteiger partial charge in [-0.05, 0) is 19.2 Å². The van der Waals surface area contributed by atoms with Crippen LogP contribution < -0.4 is 0 Å². The van der Waals surface area contributed by atoms with Gasteiger partial charge in [0.15, 0.2) is 0 Å². The molecule has 2 amide bonds. The van der Waals surface area contributed by atoms with Crippen LogP contribution in [0.2, 0.25) is 5.02 Å². The molecule has 0 saturated carbocycles. The van der Waals surface area contributed by atoms with Crippen LogP contribution >= 0.6 is 22.9 Å². The first-order chi connectivity index (χ1) is 12.9. The molecule has 0 radical (unpaired) electrons. The van der Waals surface area contributed by atoms with Crippen LogP contribution in [-0.2, 0) is 16.0 Å². The Kier molecular flexibility index (Phi) is 6.46. The summed E-state index contributed by atoms with van der Waals surface area (Å²) in [4.78, 5) is 34.9. The van der Waals surface area contributed by atoms with Crippen molar-refractivity contribution >= 4 is 34.8 Å². The van der Waals surface area contributed by atoms with Crippen molar-refractivity contribution in [3.63, 3.8) is 0 Å². The van der Waals surface area contributed by atoms with E-state index in [-0.39, 0.29) is 24.8 Å². The highest BCUT2D eigenvalue weighted by atomic mass is 35.5. The number of rotatable bonds is 5. The van der Waals surface area contributed by atoms with Gasteiger partial charge in [-0.3, -0.25) is 9.59 Å². The third-order valence-corrected chi connectivity index (χ3v) is 5.82. The molecule has 1 aromatic heterocycles. The number of thiazole rings is 1. The van der Waals surface area contributed by atoms with E-state index in [2.05, 4.69) is 9.88 Å². The number of hydrogen-bond acceptors (Lipinski definition) is 5. The summed E-state index contributed by atoms with van der Waals surface area (Å²) < 4.78 is 0. The van der Waals surface area contributed by atoms with Gasteiger partial charge >= 0.3 is 0 Å². The Bertz CT molecular complexity index is 800. The summed E-state index contributed by atoms with van der Waals surface area (Å²) in [5.74, 6) is -0.107. The van der Waals surface area contributed by atoms with Crippen LogP contribution in [0.1, 0.15) is 5.69 Å². The Morgan fingerprint density at radius 2 is 1.85 bits per heavy atom. The lowest BCUT2D eigenvalue weighted by atomic mass is 10.2. The van der Waals surface area contributed by atoms with Crippen molar-refractivity contribution in [1.29, 1.82) is 0 Å². The third kappa shape index (κ3) is 5.28. The number of aromatic nitrogens is 1. The highest BCUT2D eigenvalue weighted by molar-refractivity contribution is 7.13. The second kappa shape index (κ2) is 8.82. The predicted molar refractivity (Wildman–Crippen MR) is 108 cm³/mol. The number of hydrogen-bond donors (Lipinski definition) is 0. The number of piperazine rings is 1. The molecule has 6 nitrogen and oxygen atoms in total. The number of nitrogens with zero attached hydrogens (tertiary/aromatic N) is 4. The molecule has 1 aromatic carbocycles. The molecule has 2 heterocycles. The van der Waals surface area contributed by atoms with Crippen LogP contribution in [0.15, 0.2) is 29.6 Å². The molecule has 1 fully saturated rings. The van der Waals surface area contributed by atoms with Gasteiger partial charge in [-0.15, -0.1) is 11.3 Å². The normalized spacial score (nSPS) is 15.0. The molecule has 27 heavy (non-hydrogen) atoms. The smallest absolute Gasteiger partial charge is 0.242 e. The topological polar surface area (TPSA) is 56.8 Å². The van der Waals surface area contributed by atoms with Gasteiger partial charge < -0.3 is 14.7 Å². The zero-order chi connectivity index (χ0) is 19.4. The highest BCUT2D eigenvalue weighted by Crippen LogP contribution is 2.25. The molecule has 2 aromatic rings. The maximum Gasteiger partial charge on any atom is 0.242 e. The molecule has 0 unspecified atom stereocenters. The molecular weight excluding hydrogens is 384 g/mol. The second-order valence-electron chi connectivity index (χ2n) is 6.76. The van der Waals surface area contributed by atoms with Gasteiger partial charge in [-0.25, -0.2) is 4.98 Å². The number of likely N-dealkylation sites (N-methyl/N-ethyl adjacent to an activating group) is 2. The van der Waals surface area contributed by atoms with E-state index in [0.717, 1.165) is 23.7 Å². The van der Waals surface area contributed by atoms with Gasteiger partial charge in [0.05, 0.1) is 18.7 Å². The van der Waals surface area contributed by atoms with Crippen molar-refractivity contribution in [3.8, 4) is 10.6 Å². The number of benzene rings is 1. The molecule has 0 spiro atoms. The standard InChI is InChI=1S/C19H23ClN4O2S/c1-22-7-9-24(10-8-22)18(26)12-23(2)17(25)11-16-13-27-19(21-16)14-3-5-15(20)6-4-14/h3-6,13H,7-12H2,1-2H3. The minimum absolute atomic E-state index is 0.000851. The van der Waals surface area contributed by atoms with Gasteiger partial charge in [0, 0.05) is 49.2 Å². The predicted octanol–water partition coefficient (Wildman–Crippen LogP) is 2.24. The summed E-state index contributed by atoms with van der Waals surface area (Å²) in [6.45, 7) is 3.28. The van der Waals surface area contributed by atoms with E-state index < -0.39 is 0 Å². The lowest BCUT2D eigenvalue weighted by Crippen LogP contribution is -2.50. The molecule has 1 aliphatic rings. The summed E-state index contributed by atoms with van der Waals surface area (Å²) in [5, 5.41) is 3.42. The fraction of sp³-hybridized carbons (Fsp3) is 0.421.